The lowest BCUT2D eigenvalue weighted by Gasteiger charge is -2.08. The molecule has 4 nitrogen and oxygen atoms in total. The minimum Gasteiger partial charge on any atom is -0.324 e. The minimum atomic E-state index is -0.795. The van der Waals surface area contributed by atoms with Gasteiger partial charge >= 0.3 is 0 Å². The molecule has 118 valence electrons. The van der Waals surface area contributed by atoms with Gasteiger partial charge in [-0.15, -0.1) is 11.3 Å². The lowest BCUT2D eigenvalue weighted by atomic mass is 9.96. The molecule has 0 saturated carbocycles. The van der Waals surface area contributed by atoms with Gasteiger partial charge in [0.1, 0.15) is 10.9 Å². The van der Waals surface area contributed by atoms with E-state index in [0.717, 1.165) is 9.92 Å². The number of pyridine rings is 1. The third-order valence-electron chi connectivity index (χ3n) is 3.73. The van der Waals surface area contributed by atoms with Gasteiger partial charge in [-0.05, 0) is 29.6 Å². The SMILES string of the molecule is O=C1Nc2cnc(Sc3ccccc3)cc2C1C(=O)c1cccs1. The zero-order valence-corrected chi connectivity index (χ0v) is 14.1. The fraction of sp³-hybridized carbons (Fsp3) is 0.0556. The van der Waals surface area contributed by atoms with Crippen molar-refractivity contribution >= 4 is 40.5 Å². The summed E-state index contributed by atoms with van der Waals surface area (Å²) >= 11 is 2.86. The molecule has 1 unspecified atom stereocenters. The molecule has 4 rings (SSSR count). The number of benzene rings is 1. The zero-order chi connectivity index (χ0) is 16.5. The lowest BCUT2D eigenvalue weighted by Crippen LogP contribution is -2.20. The Hall–Kier alpha value is -2.44. The molecule has 6 heteroatoms. The van der Waals surface area contributed by atoms with Crippen molar-refractivity contribution in [3.05, 3.63) is 70.5 Å². The molecule has 3 heterocycles. The monoisotopic (exact) mass is 352 g/mol. The summed E-state index contributed by atoms with van der Waals surface area (Å²) in [5.41, 5.74) is 1.32. The van der Waals surface area contributed by atoms with Gasteiger partial charge in [-0.2, -0.15) is 0 Å². The van der Waals surface area contributed by atoms with Gasteiger partial charge in [0, 0.05) is 10.5 Å². The van der Waals surface area contributed by atoms with E-state index in [1.807, 2.05) is 47.8 Å². The summed E-state index contributed by atoms with van der Waals surface area (Å²) in [6.07, 6.45) is 1.63. The van der Waals surface area contributed by atoms with Crippen molar-refractivity contribution in [1.29, 1.82) is 0 Å². The normalized spacial score (nSPS) is 15.8. The number of ketones is 1. The first kappa shape index (κ1) is 15.1. The molecular weight excluding hydrogens is 340 g/mol. The van der Waals surface area contributed by atoms with E-state index in [2.05, 4.69) is 10.3 Å². The van der Waals surface area contributed by atoms with E-state index in [1.54, 1.807) is 12.3 Å². The van der Waals surface area contributed by atoms with Crippen LogP contribution in [0.25, 0.3) is 0 Å². The average Bonchev–Trinajstić information content (AvgIpc) is 3.22. The number of fused-ring (bicyclic) bond motifs is 1. The second-order valence-electron chi connectivity index (χ2n) is 5.29. The number of Topliss-reactive ketones (excluding diaryl/α,β-unsaturated/α-hetero) is 1. The minimum absolute atomic E-state index is 0.164. The maximum absolute atomic E-state index is 12.7. The summed E-state index contributed by atoms with van der Waals surface area (Å²) in [4.78, 5) is 31.0. The highest BCUT2D eigenvalue weighted by Crippen LogP contribution is 2.38. The molecule has 1 aromatic carbocycles. The van der Waals surface area contributed by atoms with E-state index >= 15 is 0 Å². The third kappa shape index (κ3) is 2.74. The van der Waals surface area contributed by atoms with E-state index in [4.69, 9.17) is 0 Å². The number of aromatic nitrogens is 1. The van der Waals surface area contributed by atoms with Crippen LogP contribution >= 0.6 is 23.1 Å². The summed E-state index contributed by atoms with van der Waals surface area (Å²) < 4.78 is 0. The maximum Gasteiger partial charge on any atom is 0.239 e. The van der Waals surface area contributed by atoms with Crippen LogP contribution in [0.3, 0.4) is 0 Å². The first-order valence-corrected chi connectivity index (χ1v) is 9.03. The number of hydrogen-bond donors (Lipinski definition) is 1. The number of carbonyl (C=O) groups excluding carboxylic acids is 2. The fourth-order valence-corrected chi connectivity index (χ4v) is 4.15. The number of hydrogen-bond acceptors (Lipinski definition) is 5. The molecule has 1 aliphatic rings. The molecule has 24 heavy (non-hydrogen) atoms. The second kappa shape index (κ2) is 6.22. The summed E-state index contributed by atoms with van der Waals surface area (Å²) in [5.74, 6) is -1.24. The van der Waals surface area contributed by atoms with E-state index in [-0.39, 0.29) is 11.7 Å². The molecule has 0 fully saturated rings. The highest BCUT2D eigenvalue weighted by Gasteiger charge is 2.37. The standard InChI is InChI=1S/C18H12N2O2S2/c21-17(14-7-4-8-23-14)16-12-9-15(19-10-13(12)20-18(16)22)24-11-5-2-1-3-6-11/h1-10,16H,(H,20,22). The zero-order valence-electron chi connectivity index (χ0n) is 12.4. The molecule has 1 amide bonds. The smallest absolute Gasteiger partial charge is 0.239 e. The molecule has 0 spiro atoms. The Morgan fingerprint density at radius 2 is 2.00 bits per heavy atom. The predicted molar refractivity (Wildman–Crippen MR) is 94.8 cm³/mol. The first-order valence-electron chi connectivity index (χ1n) is 7.34. The van der Waals surface area contributed by atoms with Gasteiger partial charge < -0.3 is 5.32 Å². The molecular formula is C18H12N2O2S2. The van der Waals surface area contributed by atoms with Crippen molar-refractivity contribution in [3.63, 3.8) is 0 Å². The van der Waals surface area contributed by atoms with Gasteiger partial charge in [-0.3, -0.25) is 9.59 Å². The largest absolute Gasteiger partial charge is 0.324 e. The predicted octanol–water partition coefficient (Wildman–Crippen LogP) is 4.21. The number of carbonyl (C=O) groups is 2. The summed E-state index contributed by atoms with van der Waals surface area (Å²) in [5, 5.41) is 5.36. The van der Waals surface area contributed by atoms with Crippen LogP contribution in [0.15, 0.2) is 70.0 Å². The quantitative estimate of drug-likeness (QED) is 0.564. The van der Waals surface area contributed by atoms with E-state index in [1.165, 1.54) is 23.1 Å². The van der Waals surface area contributed by atoms with Crippen molar-refractivity contribution < 1.29 is 9.59 Å². The first-order chi connectivity index (χ1) is 11.7. The molecule has 1 aliphatic heterocycles. The van der Waals surface area contributed by atoms with Crippen LogP contribution < -0.4 is 5.32 Å². The van der Waals surface area contributed by atoms with Crippen LogP contribution in [0.1, 0.15) is 21.2 Å². The highest BCUT2D eigenvalue weighted by molar-refractivity contribution is 7.99. The van der Waals surface area contributed by atoms with Gasteiger partial charge in [0.2, 0.25) is 5.91 Å². The third-order valence-corrected chi connectivity index (χ3v) is 5.56. The Balaban J connectivity index is 1.68. The molecule has 1 N–H and O–H groups in total. The number of anilines is 1. The van der Waals surface area contributed by atoms with Crippen LogP contribution in [0.2, 0.25) is 0 Å². The molecule has 0 saturated heterocycles. The topological polar surface area (TPSA) is 59.1 Å². The second-order valence-corrected chi connectivity index (χ2v) is 7.33. The number of nitrogens with zero attached hydrogens (tertiary/aromatic N) is 1. The molecule has 3 aromatic rings. The van der Waals surface area contributed by atoms with Gasteiger partial charge in [-0.25, -0.2) is 4.98 Å². The van der Waals surface area contributed by atoms with Crippen LogP contribution in [-0.2, 0) is 4.79 Å². The molecule has 0 aliphatic carbocycles. The van der Waals surface area contributed by atoms with Crippen LogP contribution in [0.4, 0.5) is 5.69 Å². The van der Waals surface area contributed by atoms with Crippen molar-refractivity contribution in [2.45, 2.75) is 15.8 Å². The Bertz CT molecular complexity index is 908. The summed E-state index contributed by atoms with van der Waals surface area (Å²) in [7, 11) is 0. The van der Waals surface area contributed by atoms with E-state index in [0.29, 0.717) is 16.1 Å². The Morgan fingerprint density at radius 3 is 2.75 bits per heavy atom. The van der Waals surface area contributed by atoms with Gasteiger partial charge in [0.25, 0.3) is 0 Å². The van der Waals surface area contributed by atoms with Crippen molar-refractivity contribution in [1.82, 2.24) is 4.98 Å². The summed E-state index contributed by atoms with van der Waals surface area (Å²) in [6, 6.07) is 15.3. The Kier molecular flexibility index (Phi) is 3.92. The van der Waals surface area contributed by atoms with Crippen LogP contribution in [0.5, 0.6) is 0 Å². The van der Waals surface area contributed by atoms with Crippen molar-refractivity contribution in [2.24, 2.45) is 0 Å². The Morgan fingerprint density at radius 1 is 1.17 bits per heavy atom. The molecule has 0 bridgehead atoms. The average molecular weight is 352 g/mol. The van der Waals surface area contributed by atoms with E-state index < -0.39 is 5.92 Å². The number of amides is 1. The highest BCUT2D eigenvalue weighted by atomic mass is 32.2. The fourth-order valence-electron chi connectivity index (χ4n) is 2.63. The van der Waals surface area contributed by atoms with Crippen molar-refractivity contribution in [3.8, 4) is 0 Å². The van der Waals surface area contributed by atoms with Crippen molar-refractivity contribution in [2.75, 3.05) is 5.32 Å². The van der Waals surface area contributed by atoms with Crippen LogP contribution in [0, 0.1) is 0 Å². The maximum atomic E-state index is 12.7. The molecule has 2 aromatic heterocycles. The number of rotatable bonds is 4. The Labute approximate surface area is 146 Å². The van der Waals surface area contributed by atoms with Gasteiger partial charge in [-0.1, -0.05) is 36.0 Å². The van der Waals surface area contributed by atoms with E-state index in [9.17, 15) is 9.59 Å². The number of nitrogens with one attached hydrogen (secondary N) is 1. The summed E-state index contributed by atoms with van der Waals surface area (Å²) in [6.45, 7) is 0. The number of thiophene rings is 1. The lowest BCUT2D eigenvalue weighted by molar-refractivity contribution is -0.116. The van der Waals surface area contributed by atoms with Gasteiger partial charge in [0.15, 0.2) is 5.78 Å². The van der Waals surface area contributed by atoms with Crippen LogP contribution in [-0.4, -0.2) is 16.7 Å². The van der Waals surface area contributed by atoms with Gasteiger partial charge in [0.05, 0.1) is 16.8 Å². The molecule has 0 radical (unpaired) electrons. The molecule has 1 atom stereocenters.